The molecule has 1 amide bonds. The molecule has 3 fully saturated rings. The van der Waals surface area contributed by atoms with Crippen molar-refractivity contribution >= 4 is 15.9 Å². The fourth-order valence-electron chi connectivity index (χ4n) is 5.78. The lowest BCUT2D eigenvalue weighted by atomic mass is 9.79. The largest absolute Gasteiger partial charge is 0.373 e. The van der Waals surface area contributed by atoms with Gasteiger partial charge in [-0.15, -0.1) is 0 Å². The van der Waals surface area contributed by atoms with E-state index in [4.69, 9.17) is 4.74 Å². The van der Waals surface area contributed by atoms with E-state index in [0.29, 0.717) is 25.2 Å². The van der Waals surface area contributed by atoms with Crippen molar-refractivity contribution in [1.29, 1.82) is 0 Å². The third-order valence-electron chi connectivity index (χ3n) is 7.53. The number of ether oxygens (including phenoxy) is 1. The van der Waals surface area contributed by atoms with Crippen LogP contribution in [-0.4, -0.2) is 74.0 Å². The number of rotatable bonds is 6. The van der Waals surface area contributed by atoms with Gasteiger partial charge in [0.25, 0.3) is 5.91 Å². The molecule has 1 aromatic rings. The van der Waals surface area contributed by atoms with Gasteiger partial charge in [-0.05, 0) is 76.9 Å². The van der Waals surface area contributed by atoms with E-state index in [9.17, 15) is 13.2 Å². The van der Waals surface area contributed by atoms with E-state index in [2.05, 4.69) is 10.2 Å². The van der Waals surface area contributed by atoms with Gasteiger partial charge in [0.05, 0.1) is 17.1 Å². The van der Waals surface area contributed by atoms with E-state index < -0.39 is 10.0 Å². The SMILES string of the molecule is C[C@H]1CN(S(=O)(=O)c2ccc(C(=O)NCC3(N4CCCCC4)CCCCC3)cc2)C[C@H](C)O1. The molecule has 33 heavy (non-hydrogen) atoms. The van der Waals surface area contributed by atoms with Crippen LogP contribution in [0.1, 0.15) is 75.6 Å². The molecule has 0 bridgehead atoms. The summed E-state index contributed by atoms with van der Waals surface area (Å²) in [7, 11) is -3.61. The Morgan fingerprint density at radius 3 is 2.15 bits per heavy atom. The molecule has 7 nitrogen and oxygen atoms in total. The van der Waals surface area contributed by atoms with Gasteiger partial charge in [0, 0.05) is 30.7 Å². The molecule has 8 heteroatoms. The lowest BCUT2D eigenvalue weighted by molar-refractivity contribution is -0.0440. The minimum atomic E-state index is -3.61. The van der Waals surface area contributed by atoms with Crippen LogP contribution in [-0.2, 0) is 14.8 Å². The van der Waals surface area contributed by atoms with Crippen LogP contribution < -0.4 is 5.32 Å². The minimum Gasteiger partial charge on any atom is -0.373 e. The number of benzene rings is 1. The molecule has 2 heterocycles. The van der Waals surface area contributed by atoms with Gasteiger partial charge >= 0.3 is 0 Å². The average molecular weight is 478 g/mol. The highest BCUT2D eigenvalue weighted by Crippen LogP contribution is 2.35. The Bertz CT molecular complexity index is 896. The number of carbonyl (C=O) groups excluding carboxylic acids is 1. The number of carbonyl (C=O) groups is 1. The predicted octanol–water partition coefficient (Wildman–Crippen LogP) is 3.40. The lowest BCUT2D eigenvalue weighted by Gasteiger charge is -2.48. The van der Waals surface area contributed by atoms with E-state index in [-0.39, 0.29) is 28.5 Å². The van der Waals surface area contributed by atoms with E-state index in [1.807, 2.05) is 13.8 Å². The average Bonchev–Trinajstić information content (AvgIpc) is 2.83. The van der Waals surface area contributed by atoms with Crippen LogP contribution in [0.5, 0.6) is 0 Å². The van der Waals surface area contributed by atoms with Crippen LogP contribution in [0, 0.1) is 0 Å². The molecule has 2 aliphatic heterocycles. The second-order valence-electron chi connectivity index (χ2n) is 10.1. The van der Waals surface area contributed by atoms with Gasteiger partial charge in [0.15, 0.2) is 0 Å². The van der Waals surface area contributed by atoms with Gasteiger partial charge in [-0.2, -0.15) is 4.31 Å². The number of hydrogen-bond acceptors (Lipinski definition) is 5. The molecule has 0 unspecified atom stereocenters. The molecule has 184 valence electrons. The third-order valence-corrected chi connectivity index (χ3v) is 9.38. The standard InChI is InChI=1S/C25H39N3O4S/c1-20-17-28(18-21(2)32-20)33(30,31)23-11-9-22(10-12-23)24(29)26-19-25(13-5-3-6-14-25)27-15-7-4-8-16-27/h9-12,20-21H,3-8,13-19H2,1-2H3,(H,26,29)/t20-,21-/m0/s1. The Morgan fingerprint density at radius 1 is 0.970 bits per heavy atom. The number of amides is 1. The van der Waals surface area contributed by atoms with Crippen molar-refractivity contribution in [2.24, 2.45) is 0 Å². The molecule has 0 aromatic heterocycles. The first kappa shape index (κ1) is 24.6. The Labute approximate surface area is 198 Å². The van der Waals surface area contributed by atoms with Crippen molar-refractivity contribution in [3.63, 3.8) is 0 Å². The maximum atomic E-state index is 13.1. The molecule has 0 radical (unpaired) electrons. The zero-order valence-corrected chi connectivity index (χ0v) is 20.9. The van der Waals surface area contributed by atoms with Crippen LogP contribution in [0.25, 0.3) is 0 Å². The minimum absolute atomic E-state index is 0.0708. The number of likely N-dealkylation sites (tertiary alicyclic amines) is 1. The van der Waals surface area contributed by atoms with Crippen molar-refractivity contribution in [3.05, 3.63) is 29.8 Å². The maximum Gasteiger partial charge on any atom is 0.251 e. The van der Waals surface area contributed by atoms with Crippen LogP contribution in [0.3, 0.4) is 0 Å². The molecule has 1 aliphatic carbocycles. The summed E-state index contributed by atoms with van der Waals surface area (Å²) in [6.45, 7) is 7.36. The smallest absolute Gasteiger partial charge is 0.251 e. The summed E-state index contributed by atoms with van der Waals surface area (Å²) in [5, 5.41) is 3.18. The number of hydrogen-bond donors (Lipinski definition) is 1. The second-order valence-corrected chi connectivity index (χ2v) is 12.1. The summed E-state index contributed by atoms with van der Waals surface area (Å²) in [5.41, 5.74) is 0.573. The van der Waals surface area contributed by atoms with Crippen molar-refractivity contribution in [1.82, 2.24) is 14.5 Å². The molecule has 2 atom stereocenters. The molecule has 1 saturated carbocycles. The first-order chi connectivity index (χ1) is 15.8. The highest BCUT2D eigenvalue weighted by atomic mass is 32.2. The number of sulfonamides is 1. The predicted molar refractivity (Wildman–Crippen MR) is 129 cm³/mol. The quantitative estimate of drug-likeness (QED) is 0.679. The molecule has 2 saturated heterocycles. The molecule has 0 spiro atoms. The molecule has 1 aromatic carbocycles. The molecular formula is C25H39N3O4S. The van der Waals surface area contributed by atoms with Gasteiger partial charge in [0.2, 0.25) is 10.0 Å². The van der Waals surface area contributed by atoms with Gasteiger partial charge in [-0.1, -0.05) is 25.7 Å². The Balaban J connectivity index is 1.41. The zero-order chi connectivity index (χ0) is 23.5. The fraction of sp³-hybridized carbons (Fsp3) is 0.720. The topological polar surface area (TPSA) is 79.0 Å². The maximum absolute atomic E-state index is 13.1. The van der Waals surface area contributed by atoms with E-state index in [0.717, 1.165) is 25.9 Å². The summed E-state index contributed by atoms with van der Waals surface area (Å²) < 4.78 is 33.3. The zero-order valence-electron chi connectivity index (χ0n) is 20.1. The molecular weight excluding hydrogens is 438 g/mol. The number of morpholine rings is 1. The third kappa shape index (κ3) is 5.61. The Kier molecular flexibility index (Phi) is 7.78. The van der Waals surface area contributed by atoms with Gasteiger partial charge in [0.1, 0.15) is 0 Å². The van der Waals surface area contributed by atoms with Gasteiger partial charge < -0.3 is 10.1 Å². The summed E-state index contributed by atoms with van der Waals surface area (Å²) in [4.78, 5) is 15.8. The van der Waals surface area contributed by atoms with E-state index in [1.54, 1.807) is 24.3 Å². The van der Waals surface area contributed by atoms with E-state index in [1.165, 1.54) is 42.8 Å². The summed E-state index contributed by atoms with van der Waals surface area (Å²) in [6.07, 6.45) is 9.51. The number of piperidine rings is 1. The second kappa shape index (κ2) is 10.4. The van der Waals surface area contributed by atoms with Gasteiger partial charge in [-0.25, -0.2) is 8.42 Å². The first-order valence-electron chi connectivity index (χ1n) is 12.6. The highest BCUT2D eigenvalue weighted by Gasteiger charge is 2.38. The Hall–Kier alpha value is -1.48. The van der Waals surface area contributed by atoms with Gasteiger partial charge in [-0.3, -0.25) is 9.69 Å². The summed E-state index contributed by atoms with van der Waals surface area (Å²) in [6, 6.07) is 6.36. The van der Waals surface area contributed by atoms with Crippen LogP contribution in [0.2, 0.25) is 0 Å². The molecule has 4 rings (SSSR count). The monoisotopic (exact) mass is 477 g/mol. The summed E-state index contributed by atoms with van der Waals surface area (Å²) in [5.74, 6) is -0.130. The lowest BCUT2D eigenvalue weighted by Crippen LogP contribution is -2.58. The first-order valence-corrected chi connectivity index (χ1v) is 14.0. The normalized spacial score (nSPS) is 27.2. The van der Waals surface area contributed by atoms with Crippen molar-refractivity contribution in [2.75, 3.05) is 32.7 Å². The van der Waals surface area contributed by atoms with Crippen molar-refractivity contribution in [2.45, 2.75) is 87.9 Å². The fourth-order valence-corrected chi connectivity index (χ4v) is 7.37. The van der Waals surface area contributed by atoms with Crippen LogP contribution in [0.4, 0.5) is 0 Å². The Morgan fingerprint density at radius 2 is 1.55 bits per heavy atom. The number of nitrogens with one attached hydrogen (secondary N) is 1. The van der Waals surface area contributed by atoms with Crippen LogP contribution >= 0.6 is 0 Å². The van der Waals surface area contributed by atoms with Crippen molar-refractivity contribution < 1.29 is 17.9 Å². The summed E-state index contributed by atoms with van der Waals surface area (Å²) >= 11 is 0. The molecule has 1 N–H and O–H groups in total. The van der Waals surface area contributed by atoms with E-state index >= 15 is 0 Å². The molecule has 3 aliphatic rings. The highest BCUT2D eigenvalue weighted by molar-refractivity contribution is 7.89. The van der Waals surface area contributed by atoms with Crippen molar-refractivity contribution in [3.8, 4) is 0 Å². The van der Waals surface area contributed by atoms with Crippen LogP contribution in [0.15, 0.2) is 29.2 Å². The number of nitrogens with zero attached hydrogens (tertiary/aromatic N) is 2.